The third kappa shape index (κ3) is 8.23. The van der Waals surface area contributed by atoms with Crippen LogP contribution in [0.15, 0.2) is 40.9 Å². The zero-order chi connectivity index (χ0) is 24.4. The Morgan fingerprint density at radius 3 is 1.70 bits per heavy atom. The van der Waals surface area contributed by atoms with Crippen molar-refractivity contribution in [1.29, 1.82) is 0 Å². The number of carboxylic acid groups (broad SMARTS) is 2. The quantitative estimate of drug-likeness (QED) is 0.528. The molecular weight excluding hydrogens is 496 g/mol. The second-order valence-electron chi connectivity index (χ2n) is 7.33. The molecule has 1 aliphatic rings. The molecular formula is C23H29BrN2O7. The molecule has 3 rings (SSSR count). The highest BCUT2D eigenvalue weighted by atomic mass is 79.9. The summed E-state index contributed by atoms with van der Waals surface area (Å²) in [4.78, 5) is 23.2. The van der Waals surface area contributed by atoms with Gasteiger partial charge in [-0.1, -0.05) is 28.1 Å². The smallest absolute Gasteiger partial charge is 0.414 e. The predicted molar refractivity (Wildman–Crippen MR) is 126 cm³/mol. The minimum absolute atomic E-state index is 0.641. The summed E-state index contributed by atoms with van der Waals surface area (Å²) < 4.78 is 17.5. The van der Waals surface area contributed by atoms with Crippen molar-refractivity contribution in [2.45, 2.75) is 13.1 Å². The van der Waals surface area contributed by atoms with Crippen molar-refractivity contribution >= 4 is 27.9 Å². The number of aliphatic carboxylic acids is 2. The van der Waals surface area contributed by atoms with Gasteiger partial charge in [0.05, 0.1) is 21.3 Å². The molecule has 2 aromatic carbocycles. The maximum Gasteiger partial charge on any atom is 0.414 e. The number of piperazine rings is 1. The molecule has 2 aromatic rings. The molecule has 0 atom stereocenters. The Balaban J connectivity index is 0.000000569. The van der Waals surface area contributed by atoms with Gasteiger partial charge in [-0.3, -0.25) is 9.80 Å². The van der Waals surface area contributed by atoms with E-state index in [0.717, 1.165) is 43.7 Å². The van der Waals surface area contributed by atoms with Crippen molar-refractivity contribution in [3.63, 3.8) is 0 Å². The van der Waals surface area contributed by atoms with Crippen LogP contribution in [0.4, 0.5) is 0 Å². The van der Waals surface area contributed by atoms with E-state index in [1.807, 2.05) is 12.1 Å². The molecule has 0 unspecified atom stereocenters. The van der Waals surface area contributed by atoms with Crippen LogP contribution in [0.1, 0.15) is 11.1 Å². The summed E-state index contributed by atoms with van der Waals surface area (Å²) in [6.07, 6.45) is 0. The van der Waals surface area contributed by atoms with Crippen molar-refractivity contribution in [1.82, 2.24) is 9.80 Å². The Labute approximate surface area is 201 Å². The number of carboxylic acids is 2. The number of nitrogens with zero attached hydrogens (tertiary/aromatic N) is 2. The van der Waals surface area contributed by atoms with Gasteiger partial charge in [-0.2, -0.15) is 0 Å². The second kappa shape index (κ2) is 13.0. The summed E-state index contributed by atoms with van der Waals surface area (Å²) in [5.41, 5.74) is 2.52. The molecule has 0 amide bonds. The van der Waals surface area contributed by atoms with E-state index in [9.17, 15) is 0 Å². The van der Waals surface area contributed by atoms with Crippen LogP contribution in [-0.4, -0.2) is 79.5 Å². The molecule has 180 valence electrons. The van der Waals surface area contributed by atoms with Crippen LogP contribution in [-0.2, 0) is 22.7 Å². The van der Waals surface area contributed by atoms with Crippen molar-refractivity contribution in [3.05, 3.63) is 52.0 Å². The molecule has 0 spiro atoms. The van der Waals surface area contributed by atoms with Gasteiger partial charge in [0.25, 0.3) is 0 Å². The molecule has 2 N–H and O–H groups in total. The Bertz CT molecular complexity index is 909. The van der Waals surface area contributed by atoms with E-state index in [1.54, 1.807) is 21.3 Å². The average molecular weight is 525 g/mol. The maximum atomic E-state index is 9.10. The van der Waals surface area contributed by atoms with Crippen LogP contribution in [0.2, 0.25) is 0 Å². The molecule has 10 heteroatoms. The molecule has 0 radical (unpaired) electrons. The van der Waals surface area contributed by atoms with Gasteiger partial charge in [0, 0.05) is 43.7 Å². The first-order valence-corrected chi connectivity index (χ1v) is 11.0. The highest BCUT2D eigenvalue weighted by Crippen LogP contribution is 2.38. The highest BCUT2D eigenvalue weighted by Gasteiger charge is 2.19. The lowest BCUT2D eigenvalue weighted by Crippen LogP contribution is -2.45. The third-order valence-corrected chi connectivity index (χ3v) is 5.57. The first-order valence-electron chi connectivity index (χ1n) is 10.2. The molecule has 1 aliphatic heterocycles. The largest absolute Gasteiger partial charge is 0.493 e. The average Bonchev–Trinajstić information content (AvgIpc) is 2.80. The number of halogens is 1. The monoisotopic (exact) mass is 524 g/mol. The first kappa shape index (κ1) is 26.4. The van der Waals surface area contributed by atoms with Gasteiger partial charge >= 0.3 is 11.9 Å². The molecule has 0 bridgehead atoms. The van der Waals surface area contributed by atoms with E-state index in [1.165, 1.54) is 11.1 Å². The summed E-state index contributed by atoms with van der Waals surface area (Å²) in [7, 11) is 4.94. The number of methoxy groups -OCH3 is 3. The normalized spacial score (nSPS) is 14.1. The number of ether oxygens (including phenoxy) is 3. The number of carbonyl (C=O) groups is 2. The molecule has 1 fully saturated rings. The lowest BCUT2D eigenvalue weighted by atomic mass is 10.1. The van der Waals surface area contributed by atoms with Crippen molar-refractivity contribution in [3.8, 4) is 17.2 Å². The first-order chi connectivity index (χ1) is 15.8. The zero-order valence-electron chi connectivity index (χ0n) is 18.9. The van der Waals surface area contributed by atoms with Crippen molar-refractivity contribution < 1.29 is 34.0 Å². The molecule has 33 heavy (non-hydrogen) atoms. The second-order valence-corrected chi connectivity index (χ2v) is 8.24. The Hall–Kier alpha value is -2.82. The van der Waals surface area contributed by atoms with Gasteiger partial charge in [-0.25, -0.2) is 9.59 Å². The Kier molecular flexibility index (Phi) is 10.4. The van der Waals surface area contributed by atoms with Gasteiger partial charge in [0.1, 0.15) is 0 Å². The van der Waals surface area contributed by atoms with E-state index in [2.05, 4.69) is 50.0 Å². The number of hydrogen-bond donors (Lipinski definition) is 2. The van der Waals surface area contributed by atoms with Crippen LogP contribution >= 0.6 is 15.9 Å². The number of hydrogen-bond acceptors (Lipinski definition) is 7. The fourth-order valence-corrected chi connectivity index (χ4v) is 3.93. The summed E-state index contributed by atoms with van der Waals surface area (Å²) in [6, 6.07) is 12.6. The van der Waals surface area contributed by atoms with Crippen LogP contribution in [0.5, 0.6) is 17.2 Å². The Morgan fingerprint density at radius 1 is 0.818 bits per heavy atom. The topological polar surface area (TPSA) is 109 Å². The number of rotatable bonds is 7. The van der Waals surface area contributed by atoms with Gasteiger partial charge in [0.2, 0.25) is 5.75 Å². The standard InChI is InChI=1S/C21H27BrN2O3.C2H2O4/c1-25-19-12-17(13-20(26-2)21(19)27-3)15-24-9-7-23(8-10-24)14-16-5-4-6-18(22)11-16;3-1(4)2(5)6/h4-6,11-13H,7-10,14-15H2,1-3H3;(H,3,4)(H,5,6). The van der Waals surface area contributed by atoms with Crippen molar-refractivity contribution in [2.24, 2.45) is 0 Å². The lowest BCUT2D eigenvalue weighted by molar-refractivity contribution is -0.159. The molecule has 0 aromatic heterocycles. The lowest BCUT2D eigenvalue weighted by Gasteiger charge is -2.35. The molecule has 0 saturated carbocycles. The predicted octanol–water partition coefficient (Wildman–Crippen LogP) is 2.95. The van der Waals surface area contributed by atoms with Gasteiger partial charge in [-0.05, 0) is 35.4 Å². The van der Waals surface area contributed by atoms with E-state index in [-0.39, 0.29) is 0 Å². The molecule has 1 heterocycles. The van der Waals surface area contributed by atoms with Crippen LogP contribution in [0, 0.1) is 0 Å². The zero-order valence-corrected chi connectivity index (χ0v) is 20.5. The summed E-state index contributed by atoms with van der Waals surface area (Å²) >= 11 is 3.55. The number of benzene rings is 2. The van der Waals surface area contributed by atoms with Gasteiger partial charge in [0.15, 0.2) is 11.5 Å². The van der Waals surface area contributed by atoms with Crippen LogP contribution < -0.4 is 14.2 Å². The fourth-order valence-electron chi connectivity index (χ4n) is 3.48. The Morgan fingerprint density at radius 2 is 1.30 bits per heavy atom. The van der Waals surface area contributed by atoms with E-state index >= 15 is 0 Å². The molecule has 0 aliphatic carbocycles. The van der Waals surface area contributed by atoms with E-state index < -0.39 is 11.9 Å². The maximum absolute atomic E-state index is 9.10. The third-order valence-electron chi connectivity index (χ3n) is 5.07. The van der Waals surface area contributed by atoms with Gasteiger partial charge < -0.3 is 24.4 Å². The van der Waals surface area contributed by atoms with E-state index in [0.29, 0.717) is 17.2 Å². The summed E-state index contributed by atoms with van der Waals surface area (Å²) in [5.74, 6) is -1.59. The van der Waals surface area contributed by atoms with Crippen molar-refractivity contribution in [2.75, 3.05) is 47.5 Å². The minimum atomic E-state index is -1.82. The summed E-state index contributed by atoms with van der Waals surface area (Å²) in [5, 5.41) is 14.8. The molecule has 1 saturated heterocycles. The SMILES string of the molecule is COc1cc(CN2CCN(Cc3cccc(Br)c3)CC2)cc(OC)c1OC.O=C(O)C(=O)O. The van der Waals surface area contributed by atoms with Gasteiger partial charge in [-0.15, -0.1) is 0 Å². The van der Waals surface area contributed by atoms with Crippen LogP contribution in [0.25, 0.3) is 0 Å². The molecule has 9 nitrogen and oxygen atoms in total. The van der Waals surface area contributed by atoms with Crippen LogP contribution in [0.3, 0.4) is 0 Å². The summed E-state index contributed by atoms with van der Waals surface area (Å²) in [6.45, 7) is 6.10. The minimum Gasteiger partial charge on any atom is -0.493 e. The van der Waals surface area contributed by atoms with E-state index in [4.69, 9.17) is 34.0 Å². The fraction of sp³-hybridized carbons (Fsp3) is 0.391. The highest BCUT2D eigenvalue weighted by molar-refractivity contribution is 9.10.